The maximum Gasteiger partial charge on any atom is 0.300 e. The molecule has 4 N–H and O–H groups in total. The summed E-state index contributed by atoms with van der Waals surface area (Å²) in [5, 5.41) is 11.7. The molecule has 0 spiro atoms. The number of benzene rings is 1. The topological polar surface area (TPSA) is 75.3 Å². The number of nitrogens with two attached hydrogens (primary N) is 1. The molecule has 4 heteroatoms. The average Bonchev–Trinajstić information content (AvgIpc) is 2.20. The van der Waals surface area contributed by atoms with E-state index in [0.717, 1.165) is 0 Å². The van der Waals surface area contributed by atoms with E-state index in [1.165, 1.54) is 6.07 Å². The van der Waals surface area contributed by atoms with Crippen LogP contribution in [-0.4, -0.2) is 11.0 Å². The molecule has 0 atom stereocenters. The van der Waals surface area contributed by atoms with E-state index in [1.54, 1.807) is 12.1 Å². The summed E-state index contributed by atoms with van der Waals surface area (Å²) in [6, 6.07) is 4.57. The van der Waals surface area contributed by atoms with Gasteiger partial charge in [-0.3, -0.25) is 4.79 Å². The van der Waals surface area contributed by atoms with Crippen molar-refractivity contribution in [1.29, 1.82) is 0 Å². The number of carbonyl (C=O) groups is 1. The van der Waals surface area contributed by atoms with Crippen LogP contribution >= 0.6 is 0 Å². The van der Waals surface area contributed by atoms with E-state index in [-0.39, 0.29) is 12.3 Å². The lowest BCUT2D eigenvalue weighted by atomic mass is 10.2. The van der Waals surface area contributed by atoms with Crippen molar-refractivity contribution in [2.45, 2.75) is 6.54 Å². The Morgan fingerprint density at radius 3 is 2.93 bits per heavy atom. The van der Waals surface area contributed by atoms with Gasteiger partial charge in [-0.05, 0) is 24.1 Å². The summed E-state index contributed by atoms with van der Waals surface area (Å²) in [5.41, 5.74) is 6.44. The van der Waals surface area contributed by atoms with E-state index in [1.807, 2.05) is 5.92 Å². The normalized spacial score (nSPS) is 9.14. The molecule has 1 amide bonds. The SMILES string of the molecule is C#CC(=O)Nc1ccc(O)c(CN)c1. The van der Waals surface area contributed by atoms with E-state index < -0.39 is 5.91 Å². The van der Waals surface area contributed by atoms with Gasteiger partial charge in [-0.2, -0.15) is 0 Å². The molecule has 1 rings (SSSR count). The van der Waals surface area contributed by atoms with Gasteiger partial charge in [-0.25, -0.2) is 0 Å². The molecule has 1 aromatic rings. The molecule has 1 aromatic carbocycles. The van der Waals surface area contributed by atoms with Crippen LogP contribution in [0.1, 0.15) is 5.56 Å². The van der Waals surface area contributed by atoms with Gasteiger partial charge in [0.1, 0.15) is 5.75 Å². The van der Waals surface area contributed by atoms with Gasteiger partial charge in [0.2, 0.25) is 0 Å². The van der Waals surface area contributed by atoms with Crippen LogP contribution in [0.4, 0.5) is 5.69 Å². The van der Waals surface area contributed by atoms with Gasteiger partial charge in [0.25, 0.3) is 5.91 Å². The molecule has 0 fully saturated rings. The van der Waals surface area contributed by atoms with Gasteiger partial charge in [-0.15, -0.1) is 6.42 Å². The molecule has 0 bridgehead atoms. The highest BCUT2D eigenvalue weighted by Crippen LogP contribution is 2.20. The minimum absolute atomic E-state index is 0.103. The van der Waals surface area contributed by atoms with Crippen molar-refractivity contribution >= 4 is 11.6 Å². The molecule has 0 saturated carbocycles. The minimum atomic E-state index is -0.529. The highest BCUT2D eigenvalue weighted by Gasteiger charge is 2.02. The molecular formula is C10H10N2O2. The van der Waals surface area contributed by atoms with Gasteiger partial charge in [-0.1, -0.05) is 0 Å². The van der Waals surface area contributed by atoms with E-state index in [4.69, 9.17) is 12.2 Å². The fraction of sp³-hybridized carbons (Fsp3) is 0.100. The third-order valence-electron chi connectivity index (χ3n) is 1.69. The molecule has 72 valence electrons. The zero-order chi connectivity index (χ0) is 10.6. The zero-order valence-electron chi connectivity index (χ0n) is 7.45. The minimum Gasteiger partial charge on any atom is -0.508 e. The molecule has 0 aliphatic carbocycles. The molecule has 0 aliphatic rings. The Morgan fingerprint density at radius 2 is 2.36 bits per heavy atom. The number of hydrogen-bond acceptors (Lipinski definition) is 3. The second-order valence-electron chi connectivity index (χ2n) is 2.65. The lowest BCUT2D eigenvalue weighted by Gasteiger charge is -2.05. The summed E-state index contributed by atoms with van der Waals surface area (Å²) in [6.07, 6.45) is 4.88. The first kappa shape index (κ1) is 10.1. The first-order valence-electron chi connectivity index (χ1n) is 3.97. The van der Waals surface area contributed by atoms with Crippen molar-refractivity contribution in [2.24, 2.45) is 5.73 Å². The van der Waals surface area contributed by atoms with Crippen molar-refractivity contribution in [3.8, 4) is 18.1 Å². The van der Waals surface area contributed by atoms with Gasteiger partial charge >= 0.3 is 0 Å². The second-order valence-corrected chi connectivity index (χ2v) is 2.65. The quantitative estimate of drug-likeness (QED) is 0.467. The van der Waals surface area contributed by atoms with Crippen molar-refractivity contribution in [3.05, 3.63) is 23.8 Å². The van der Waals surface area contributed by atoms with Gasteiger partial charge < -0.3 is 16.2 Å². The van der Waals surface area contributed by atoms with Crippen molar-refractivity contribution in [3.63, 3.8) is 0 Å². The number of phenols is 1. The monoisotopic (exact) mass is 190 g/mol. The van der Waals surface area contributed by atoms with Crippen LogP contribution < -0.4 is 11.1 Å². The Bertz CT molecular complexity index is 394. The van der Waals surface area contributed by atoms with Crippen molar-refractivity contribution < 1.29 is 9.90 Å². The predicted molar refractivity (Wildman–Crippen MR) is 53.5 cm³/mol. The molecule has 14 heavy (non-hydrogen) atoms. The molecular weight excluding hydrogens is 180 g/mol. The zero-order valence-corrected chi connectivity index (χ0v) is 7.45. The van der Waals surface area contributed by atoms with Gasteiger partial charge in [0.15, 0.2) is 0 Å². The second kappa shape index (κ2) is 4.30. The van der Waals surface area contributed by atoms with Gasteiger partial charge in [0.05, 0.1) is 0 Å². The van der Waals surface area contributed by atoms with Crippen molar-refractivity contribution in [1.82, 2.24) is 0 Å². The first-order valence-corrected chi connectivity index (χ1v) is 3.97. The number of rotatable bonds is 2. The first-order chi connectivity index (χ1) is 6.67. The van der Waals surface area contributed by atoms with Crippen LogP contribution in [0.15, 0.2) is 18.2 Å². The third kappa shape index (κ3) is 2.25. The lowest BCUT2D eigenvalue weighted by molar-refractivity contribution is -0.111. The molecule has 0 aliphatic heterocycles. The van der Waals surface area contributed by atoms with Gasteiger partial charge in [0, 0.05) is 17.8 Å². The number of phenolic OH excluding ortho intramolecular Hbond substituents is 1. The Hall–Kier alpha value is -1.99. The number of nitrogens with one attached hydrogen (secondary N) is 1. The largest absolute Gasteiger partial charge is 0.508 e. The summed E-state index contributed by atoms with van der Waals surface area (Å²) >= 11 is 0. The Morgan fingerprint density at radius 1 is 1.64 bits per heavy atom. The van der Waals surface area contributed by atoms with Crippen LogP contribution in [0.3, 0.4) is 0 Å². The number of terminal acetylenes is 1. The maximum atomic E-state index is 10.8. The summed E-state index contributed by atoms with van der Waals surface area (Å²) in [6.45, 7) is 0.200. The summed E-state index contributed by atoms with van der Waals surface area (Å²) in [7, 11) is 0. The molecule has 4 nitrogen and oxygen atoms in total. The highest BCUT2D eigenvalue weighted by atomic mass is 16.3. The number of hydrogen-bond donors (Lipinski definition) is 3. The smallest absolute Gasteiger partial charge is 0.300 e. The van der Waals surface area contributed by atoms with Crippen LogP contribution in [0.2, 0.25) is 0 Å². The molecule has 0 aromatic heterocycles. The van der Waals surface area contributed by atoms with E-state index in [9.17, 15) is 9.90 Å². The third-order valence-corrected chi connectivity index (χ3v) is 1.69. The highest BCUT2D eigenvalue weighted by molar-refractivity contribution is 6.03. The van der Waals surface area contributed by atoms with Crippen LogP contribution in [0.25, 0.3) is 0 Å². The number of anilines is 1. The van der Waals surface area contributed by atoms with Crippen LogP contribution in [-0.2, 0) is 11.3 Å². The fourth-order valence-electron chi connectivity index (χ4n) is 0.994. The predicted octanol–water partition coefficient (Wildman–Crippen LogP) is 0.423. The molecule has 0 radical (unpaired) electrons. The summed E-state index contributed by atoms with van der Waals surface area (Å²) in [4.78, 5) is 10.8. The Labute approximate surface area is 81.7 Å². The van der Waals surface area contributed by atoms with E-state index >= 15 is 0 Å². The standard InChI is InChI=1S/C10H10N2O2/c1-2-10(14)12-8-3-4-9(13)7(5-8)6-11/h1,3-5,13H,6,11H2,(H,12,14). The number of aromatic hydroxyl groups is 1. The molecule has 0 saturated heterocycles. The average molecular weight is 190 g/mol. The number of carbonyl (C=O) groups excluding carboxylic acids is 1. The van der Waals surface area contributed by atoms with Crippen LogP contribution in [0.5, 0.6) is 5.75 Å². The molecule has 0 unspecified atom stereocenters. The fourth-order valence-corrected chi connectivity index (χ4v) is 0.994. The molecule has 0 heterocycles. The van der Waals surface area contributed by atoms with Crippen LogP contribution in [0, 0.1) is 12.3 Å². The Balaban J connectivity index is 2.91. The lowest BCUT2D eigenvalue weighted by Crippen LogP contribution is -2.08. The maximum absolute atomic E-state index is 10.8. The summed E-state index contributed by atoms with van der Waals surface area (Å²) in [5.74, 6) is 1.50. The van der Waals surface area contributed by atoms with Crippen molar-refractivity contribution in [2.75, 3.05) is 5.32 Å². The summed E-state index contributed by atoms with van der Waals surface area (Å²) < 4.78 is 0. The van der Waals surface area contributed by atoms with E-state index in [0.29, 0.717) is 11.3 Å². The Kier molecular flexibility index (Phi) is 3.10. The van der Waals surface area contributed by atoms with E-state index in [2.05, 4.69) is 5.32 Å². The number of amides is 1.